The summed E-state index contributed by atoms with van der Waals surface area (Å²) in [6.45, 7) is 0. The van der Waals surface area contributed by atoms with Crippen LogP contribution in [0.5, 0.6) is 11.5 Å². The highest BCUT2D eigenvalue weighted by molar-refractivity contribution is 5.99. The number of fused-ring (bicyclic) bond motifs is 1. The van der Waals surface area contributed by atoms with Crippen molar-refractivity contribution in [1.29, 1.82) is 0 Å². The highest BCUT2D eigenvalue weighted by atomic mass is 16.5. The number of benzene rings is 8. The van der Waals surface area contributed by atoms with E-state index in [4.69, 9.17) is 39.4 Å². The van der Waals surface area contributed by atoms with Crippen molar-refractivity contribution in [3.63, 3.8) is 0 Å². The molecule has 0 radical (unpaired) electrons. The van der Waals surface area contributed by atoms with Crippen molar-refractivity contribution >= 4 is 10.8 Å². The molecule has 0 atom stereocenters. The van der Waals surface area contributed by atoms with Crippen LogP contribution in [0.4, 0.5) is 0 Å². The molecule has 0 fully saturated rings. The topological polar surface area (TPSA) is 95.8 Å². The van der Waals surface area contributed by atoms with Crippen LogP contribution in [0.1, 0.15) is 0 Å². The maximum atomic E-state index is 5.39. The third-order valence-electron chi connectivity index (χ3n) is 10.8. The first kappa shape index (κ1) is 37.9. The van der Waals surface area contributed by atoms with Crippen LogP contribution in [0.25, 0.3) is 101 Å². The molecule has 2 aromatic heterocycles. The fourth-order valence-electron chi connectivity index (χ4n) is 7.50. The highest BCUT2D eigenvalue weighted by Crippen LogP contribution is 2.35. The van der Waals surface area contributed by atoms with E-state index in [0.29, 0.717) is 34.9 Å². The predicted molar refractivity (Wildman–Crippen MR) is 247 cm³/mol. The highest BCUT2D eigenvalue weighted by Gasteiger charge is 2.15. The maximum Gasteiger partial charge on any atom is 0.164 e. The second kappa shape index (κ2) is 16.7. The van der Waals surface area contributed by atoms with Gasteiger partial charge in [0.25, 0.3) is 0 Å². The van der Waals surface area contributed by atoms with Crippen LogP contribution in [0.15, 0.2) is 194 Å². The van der Waals surface area contributed by atoms with Gasteiger partial charge in [0.05, 0.1) is 14.2 Å². The smallest absolute Gasteiger partial charge is 0.164 e. The van der Waals surface area contributed by atoms with Gasteiger partial charge in [-0.25, -0.2) is 29.9 Å². The Morgan fingerprint density at radius 1 is 0.274 bits per heavy atom. The molecular formula is C54H38N6O2. The van der Waals surface area contributed by atoms with E-state index in [1.54, 1.807) is 14.2 Å². The Balaban J connectivity index is 0.968. The Morgan fingerprint density at radius 3 is 1.02 bits per heavy atom. The van der Waals surface area contributed by atoms with Gasteiger partial charge in [0.2, 0.25) is 0 Å². The molecule has 2 heterocycles. The third kappa shape index (κ3) is 7.76. The molecule has 10 aromatic rings. The lowest BCUT2D eigenvalue weighted by atomic mass is 9.94. The summed E-state index contributed by atoms with van der Waals surface area (Å²) >= 11 is 0. The molecule has 8 nitrogen and oxygen atoms in total. The molecule has 10 rings (SSSR count). The summed E-state index contributed by atoms with van der Waals surface area (Å²) < 4.78 is 10.8. The van der Waals surface area contributed by atoms with Crippen molar-refractivity contribution in [3.8, 4) is 102 Å². The van der Waals surface area contributed by atoms with E-state index in [-0.39, 0.29) is 0 Å². The summed E-state index contributed by atoms with van der Waals surface area (Å²) in [4.78, 5) is 29.5. The number of rotatable bonds is 10. The number of nitrogens with zero attached hydrogens (tertiary/aromatic N) is 6. The van der Waals surface area contributed by atoms with Crippen molar-refractivity contribution in [2.75, 3.05) is 14.2 Å². The molecule has 0 aliphatic carbocycles. The van der Waals surface area contributed by atoms with Crippen LogP contribution in [0, 0.1) is 0 Å². The summed E-state index contributed by atoms with van der Waals surface area (Å²) in [5.74, 6) is 5.17. The summed E-state index contributed by atoms with van der Waals surface area (Å²) in [6, 6.07) is 65.5. The Hall–Kier alpha value is -8.36. The summed E-state index contributed by atoms with van der Waals surface area (Å²) in [5.41, 5.74) is 9.83. The fraction of sp³-hybridized carbons (Fsp3) is 0.0370. The van der Waals surface area contributed by atoms with Gasteiger partial charge in [0.1, 0.15) is 11.5 Å². The third-order valence-corrected chi connectivity index (χ3v) is 10.8. The van der Waals surface area contributed by atoms with E-state index in [0.717, 1.165) is 77.9 Å². The first-order valence-electron chi connectivity index (χ1n) is 20.2. The average molecular weight is 803 g/mol. The second-order valence-electron chi connectivity index (χ2n) is 14.7. The van der Waals surface area contributed by atoms with Gasteiger partial charge in [-0.05, 0) is 87.6 Å². The van der Waals surface area contributed by atoms with Crippen LogP contribution in [0.2, 0.25) is 0 Å². The summed E-state index contributed by atoms with van der Waals surface area (Å²) in [7, 11) is 3.31. The van der Waals surface area contributed by atoms with Gasteiger partial charge in [0.15, 0.2) is 34.9 Å². The molecule has 0 N–H and O–H groups in total. The van der Waals surface area contributed by atoms with Gasteiger partial charge in [-0.15, -0.1) is 0 Å². The van der Waals surface area contributed by atoms with E-state index in [9.17, 15) is 0 Å². The molecule has 0 bridgehead atoms. The van der Waals surface area contributed by atoms with E-state index in [1.807, 2.05) is 109 Å². The molecule has 8 heteroatoms. The van der Waals surface area contributed by atoms with Crippen molar-refractivity contribution < 1.29 is 9.47 Å². The van der Waals surface area contributed by atoms with Gasteiger partial charge in [-0.1, -0.05) is 140 Å². The van der Waals surface area contributed by atoms with Crippen LogP contribution in [-0.4, -0.2) is 44.1 Å². The van der Waals surface area contributed by atoms with Crippen LogP contribution in [-0.2, 0) is 0 Å². The zero-order chi connectivity index (χ0) is 41.8. The molecule has 0 saturated carbocycles. The average Bonchev–Trinajstić information content (AvgIpc) is 3.36. The number of ether oxygens (including phenoxy) is 2. The van der Waals surface area contributed by atoms with E-state index >= 15 is 0 Å². The van der Waals surface area contributed by atoms with Crippen molar-refractivity contribution in [2.24, 2.45) is 0 Å². The summed E-state index contributed by atoms with van der Waals surface area (Å²) in [5, 5.41) is 2.31. The van der Waals surface area contributed by atoms with Gasteiger partial charge in [0, 0.05) is 33.4 Å². The Bertz CT molecular complexity index is 3160. The van der Waals surface area contributed by atoms with E-state index in [2.05, 4.69) is 84.9 Å². The SMILES string of the molecule is COc1ccc(-c2nc(-c3ccccc3)nc(-c3ccc(-c4ccc5cccc(-c6ccc(-c7nc(-c8ccccc8)nc(-c8ccc(OC)cc8)n7)cc6)c5c4)cc3)n2)cc1. The molecule has 8 aromatic carbocycles. The largest absolute Gasteiger partial charge is 0.497 e. The lowest BCUT2D eigenvalue weighted by Gasteiger charge is -2.12. The molecule has 0 aliphatic rings. The first-order valence-corrected chi connectivity index (χ1v) is 20.2. The minimum atomic E-state index is 0.596. The van der Waals surface area contributed by atoms with E-state index in [1.165, 1.54) is 0 Å². The standard InChI is InChI=1S/C54H38N6O2/c1-61-45-30-26-42(27-31-45)53-57-49(38-10-5-3-6-11-38)55-51(59-53)40-21-16-35(17-22-40)44-25-20-36-14-9-15-47(48(36)34-44)37-18-23-41(24-19-37)52-56-50(39-12-7-4-8-13-39)58-54(60-52)43-28-32-46(62-2)33-29-43/h3-34H,1-2H3. The van der Waals surface area contributed by atoms with Crippen LogP contribution < -0.4 is 9.47 Å². The predicted octanol–water partition coefficient (Wildman–Crippen LogP) is 12.6. The molecule has 296 valence electrons. The van der Waals surface area contributed by atoms with Crippen molar-refractivity contribution in [3.05, 3.63) is 194 Å². The van der Waals surface area contributed by atoms with Crippen molar-refractivity contribution in [1.82, 2.24) is 29.9 Å². The van der Waals surface area contributed by atoms with E-state index < -0.39 is 0 Å². The minimum absolute atomic E-state index is 0.596. The number of aromatic nitrogens is 6. The summed E-state index contributed by atoms with van der Waals surface area (Å²) in [6.07, 6.45) is 0. The van der Waals surface area contributed by atoms with Crippen LogP contribution >= 0.6 is 0 Å². The molecular weight excluding hydrogens is 765 g/mol. The second-order valence-corrected chi connectivity index (χ2v) is 14.7. The minimum Gasteiger partial charge on any atom is -0.497 e. The molecule has 62 heavy (non-hydrogen) atoms. The fourth-order valence-corrected chi connectivity index (χ4v) is 7.50. The van der Waals surface area contributed by atoms with Gasteiger partial charge in [-0.2, -0.15) is 0 Å². The molecule has 0 amide bonds. The number of methoxy groups -OCH3 is 2. The molecule has 0 unspecified atom stereocenters. The zero-order valence-electron chi connectivity index (χ0n) is 34.0. The molecule has 0 saturated heterocycles. The van der Waals surface area contributed by atoms with Crippen molar-refractivity contribution in [2.45, 2.75) is 0 Å². The molecule has 0 aliphatic heterocycles. The molecule has 0 spiro atoms. The van der Waals surface area contributed by atoms with Gasteiger partial charge >= 0.3 is 0 Å². The van der Waals surface area contributed by atoms with Gasteiger partial charge < -0.3 is 9.47 Å². The number of hydrogen-bond donors (Lipinski definition) is 0. The Kier molecular flexibility index (Phi) is 10.2. The van der Waals surface area contributed by atoms with Gasteiger partial charge in [-0.3, -0.25) is 0 Å². The Labute approximate surface area is 359 Å². The lowest BCUT2D eigenvalue weighted by Crippen LogP contribution is -2.00. The zero-order valence-corrected chi connectivity index (χ0v) is 34.0. The monoisotopic (exact) mass is 802 g/mol. The Morgan fingerprint density at radius 2 is 0.613 bits per heavy atom. The first-order chi connectivity index (χ1) is 30.6. The maximum absolute atomic E-state index is 5.39. The normalized spacial score (nSPS) is 11.1. The lowest BCUT2D eigenvalue weighted by molar-refractivity contribution is 0.414. The van der Waals surface area contributed by atoms with Crippen LogP contribution in [0.3, 0.4) is 0 Å². The number of hydrogen-bond acceptors (Lipinski definition) is 8. The quantitative estimate of drug-likeness (QED) is 0.135.